The molecule has 25 heavy (non-hydrogen) atoms. The molecule has 132 valence electrons. The van der Waals surface area contributed by atoms with Crippen LogP contribution in [0.1, 0.15) is 37.7 Å². The zero-order valence-corrected chi connectivity index (χ0v) is 15.7. The van der Waals surface area contributed by atoms with Crippen LogP contribution in [0.5, 0.6) is 0 Å². The monoisotopic (exact) mass is 379 g/mol. The molecule has 0 fully saturated rings. The Kier molecular flexibility index (Phi) is 5.32. The van der Waals surface area contributed by atoms with Crippen LogP contribution in [0.3, 0.4) is 0 Å². The van der Waals surface area contributed by atoms with Gasteiger partial charge in [-0.3, -0.25) is 0 Å². The van der Waals surface area contributed by atoms with E-state index in [0.717, 1.165) is 28.8 Å². The third kappa shape index (κ3) is 3.97. The standard InChI is InChI=1S/C19H20Cl2FN3/c1-11(2)6-16(23)19-24-17-8-14(20)15(21)9-18(17)25(19)10-12-4-3-5-13(22)7-12/h3-5,7-9,11,16H,6,10,23H2,1-2H3/t16-/m0/s1. The van der Waals surface area contributed by atoms with Crippen LogP contribution in [0.15, 0.2) is 36.4 Å². The highest BCUT2D eigenvalue weighted by Crippen LogP contribution is 2.31. The number of rotatable bonds is 5. The third-order valence-electron chi connectivity index (χ3n) is 4.11. The number of aromatic nitrogens is 2. The number of halogens is 3. The van der Waals surface area contributed by atoms with E-state index in [2.05, 4.69) is 18.8 Å². The number of nitrogens with zero attached hydrogens (tertiary/aromatic N) is 2. The summed E-state index contributed by atoms with van der Waals surface area (Å²) in [5.41, 5.74) is 8.81. The lowest BCUT2D eigenvalue weighted by molar-refractivity contribution is 0.481. The molecule has 0 unspecified atom stereocenters. The second-order valence-corrected chi connectivity index (χ2v) is 7.49. The summed E-state index contributed by atoms with van der Waals surface area (Å²) in [6.07, 6.45) is 0.800. The Morgan fingerprint density at radius 3 is 2.56 bits per heavy atom. The van der Waals surface area contributed by atoms with Crippen LogP contribution in [0.25, 0.3) is 11.0 Å². The molecule has 3 nitrogen and oxygen atoms in total. The molecule has 0 aliphatic carbocycles. The van der Waals surface area contributed by atoms with E-state index in [0.29, 0.717) is 22.5 Å². The van der Waals surface area contributed by atoms with Gasteiger partial charge in [0.2, 0.25) is 0 Å². The minimum Gasteiger partial charge on any atom is -0.322 e. The molecule has 0 aliphatic heterocycles. The number of nitrogens with two attached hydrogens (primary N) is 1. The van der Waals surface area contributed by atoms with E-state index >= 15 is 0 Å². The summed E-state index contributed by atoms with van der Waals surface area (Å²) in [4.78, 5) is 4.69. The molecule has 0 spiro atoms. The molecular weight excluding hydrogens is 360 g/mol. The van der Waals surface area contributed by atoms with Gasteiger partial charge in [-0.15, -0.1) is 0 Å². The number of imidazole rings is 1. The summed E-state index contributed by atoms with van der Waals surface area (Å²) < 4.78 is 15.6. The van der Waals surface area contributed by atoms with Gasteiger partial charge in [-0.25, -0.2) is 9.37 Å². The maximum Gasteiger partial charge on any atom is 0.127 e. The van der Waals surface area contributed by atoms with Crippen LogP contribution < -0.4 is 5.73 Å². The highest BCUT2D eigenvalue weighted by atomic mass is 35.5. The second kappa shape index (κ2) is 7.32. The SMILES string of the molecule is CC(C)C[C@H](N)c1nc2cc(Cl)c(Cl)cc2n1Cc1cccc(F)c1. The Balaban J connectivity index is 2.13. The average Bonchev–Trinajstić information content (AvgIpc) is 2.85. The lowest BCUT2D eigenvalue weighted by atomic mass is 10.0. The third-order valence-corrected chi connectivity index (χ3v) is 4.83. The highest BCUT2D eigenvalue weighted by molar-refractivity contribution is 6.42. The number of fused-ring (bicyclic) bond motifs is 1. The van der Waals surface area contributed by atoms with Crippen molar-refractivity contribution in [2.75, 3.05) is 0 Å². The van der Waals surface area contributed by atoms with E-state index < -0.39 is 0 Å². The van der Waals surface area contributed by atoms with Crippen LogP contribution in [0, 0.1) is 11.7 Å². The molecule has 1 aromatic heterocycles. The van der Waals surface area contributed by atoms with Crippen LogP contribution >= 0.6 is 23.2 Å². The number of benzene rings is 2. The van der Waals surface area contributed by atoms with Gasteiger partial charge >= 0.3 is 0 Å². The molecule has 0 aliphatic rings. The summed E-state index contributed by atoms with van der Waals surface area (Å²) in [5, 5.41) is 0.909. The first kappa shape index (κ1) is 18.2. The zero-order chi connectivity index (χ0) is 18.1. The van der Waals surface area contributed by atoms with Crippen molar-refractivity contribution in [2.45, 2.75) is 32.9 Å². The summed E-state index contributed by atoms with van der Waals surface area (Å²) in [5.74, 6) is 0.923. The first-order chi connectivity index (χ1) is 11.8. The molecule has 0 bridgehead atoms. The van der Waals surface area contributed by atoms with Gasteiger partial charge in [0.15, 0.2) is 0 Å². The minimum atomic E-state index is -0.268. The second-order valence-electron chi connectivity index (χ2n) is 6.68. The lowest BCUT2D eigenvalue weighted by Gasteiger charge is -2.16. The van der Waals surface area contributed by atoms with Gasteiger partial charge in [0.05, 0.1) is 27.1 Å². The summed E-state index contributed by atoms with van der Waals surface area (Å²) in [7, 11) is 0. The van der Waals surface area contributed by atoms with Gasteiger partial charge in [0.1, 0.15) is 11.6 Å². The van der Waals surface area contributed by atoms with Gasteiger partial charge in [-0.1, -0.05) is 49.2 Å². The van der Waals surface area contributed by atoms with Gasteiger partial charge in [0.25, 0.3) is 0 Å². The quantitative estimate of drug-likeness (QED) is 0.628. The maximum absolute atomic E-state index is 13.6. The van der Waals surface area contributed by atoms with Gasteiger partial charge in [-0.2, -0.15) is 0 Å². The van der Waals surface area contributed by atoms with E-state index in [1.165, 1.54) is 12.1 Å². The van der Waals surface area contributed by atoms with E-state index in [-0.39, 0.29) is 11.9 Å². The predicted octanol–water partition coefficient (Wildman–Crippen LogP) is 5.58. The Bertz CT molecular complexity index is 905. The van der Waals surface area contributed by atoms with Crippen molar-refractivity contribution in [3.05, 3.63) is 63.6 Å². The Labute approximate surface area is 156 Å². The Hall–Kier alpha value is -1.62. The van der Waals surface area contributed by atoms with Crippen molar-refractivity contribution in [1.29, 1.82) is 0 Å². The minimum absolute atomic E-state index is 0.224. The van der Waals surface area contributed by atoms with E-state index in [4.69, 9.17) is 28.9 Å². The zero-order valence-electron chi connectivity index (χ0n) is 14.1. The molecule has 1 heterocycles. The summed E-state index contributed by atoms with van der Waals surface area (Å²) in [6.45, 7) is 4.70. The van der Waals surface area contributed by atoms with Crippen LogP contribution in [-0.4, -0.2) is 9.55 Å². The maximum atomic E-state index is 13.6. The summed E-state index contributed by atoms with van der Waals surface area (Å²) in [6, 6.07) is 9.83. The fourth-order valence-electron chi connectivity index (χ4n) is 3.02. The van der Waals surface area contributed by atoms with E-state index in [1.54, 1.807) is 18.2 Å². The Morgan fingerprint density at radius 1 is 1.16 bits per heavy atom. The normalized spacial score (nSPS) is 12.9. The number of hydrogen-bond acceptors (Lipinski definition) is 2. The molecule has 3 aromatic rings. The number of hydrogen-bond donors (Lipinski definition) is 1. The molecule has 0 saturated carbocycles. The van der Waals surface area contributed by atoms with E-state index in [9.17, 15) is 4.39 Å². The van der Waals surface area contributed by atoms with Crippen molar-refractivity contribution in [1.82, 2.24) is 9.55 Å². The largest absolute Gasteiger partial charge is 0.322 e. The molecule has 0 radical (unpaired) electrons. The molecule has 1 atom stereocenters. The highest BCUT2D eigenvalue weighted by Gasteiger charge is 2.19. The average molecular weight is 380 g/mol. The lowest BCUT2D eigenvalue weighted by Crippen LogP contribution is -2.19. The molecule has 2 N–H and O–H groups in total. The smallest absolute Gasteiger partial charge is 0.127 e. The molecule has 0 saturated heterocycles. The first-order valence-corrected chi connectivity index (χ1v) is 8.96. The topological polar surface area (TPSA) is 43.8 Å². The fourth-order valence-corrected chi connectivity index (χ4v) is 3.33. The summed E-state index contributed by atoms with van der Waals surface area (Å²) >= 11 is 12.3. The van der Waals surface area contributed by atoms with Crippen molar-refractivity contribution >= 4 is 34.2 Å². The Morgan fingerprint density at radius 2 is 1.88 bits per heavy atom. The van der Waals surface area contributed by atoms with Gasteiger partial charge in [-0.05, 0) is 42.2 Å². The van der Waals surface area contributed by atoms with Crippen molar-refractivity contribution in [2.24, 2.45) is 11.7 Å². The molecule has 0 amide bonds. The van der Waals surface area contributed by atoms with E-state index in [1.807, 2.05) is 10.6 Å². The van der Waals surface area contributed by atoms with Gasteiger partial charge < -0.3 is 10.3 Å². The first-order valence-electron chi connectivity index (χ1n) is 8.20. The van der Waals surface area contributed by atoms with Crippen molar-refractivity contribution in [3.8, 4) is 0 Å². The predicted molar refractivity (Wildman–Crippen MR) is 102 cm³/mol. The van der Waals surface area contributed by atoms with Gasteiger partial charge in [0, 0.05) is 6.54 Å². The fraction of sp³-hybridized carbons (Fsp3) is 0.316. The van der Waals surface area contributed by atoms with Crippen LogP contribution in [-0.2, 0) is 6.54 Å². The molecule has 3 rings (SSSR count). The molecule has 6 heteroatoms. The molecular formula is C19H20Cl2FN3. The van der Waals surface area contributed by atoms with Crippen LogP contribution in [0.2, 0.25) is 10.0 Å². The molecule has 2 aromatic carbocycles. The van der Waals surface area contributed by atoms with Crippen molar-refractivity contribution in [3.63, 3.8) is 0 Å². The van der Waals surface area contributed by atoms with Crippen LogP contribution in [0.4, 0.5) is 4.39 Å². The van der Waals surface area contributed by atoms with Crippen molar-refractivity contribution < 1.29 is 4.39 Å².